The minimum atomic E-state index is -1.86. The minimum absolute atomic E-state index is 0.760. The molecule has 14 heavy (non-hydrogen) atoms. The molecule has 0 bridgehead atoms. The smallest absolute Gasteiger partial charge is 0.194 e. The molecule has 2 rings (SSSR count). The minimum Gasteiger partial charge on any atom is -0.431 e. The molecule has 2 saturated carbocycles. The van der Waals surface area contributed by atoms with E-state index in [9.17, 15) is 4.80 Å². The Bertz CT molecular complexity index is 165. The molecule has 2 heteroatoms. The maximum absolute atomic E-state index is 11.0. The third-order valence-corrected chi connectivity index (χ3v) is 9.81. The van der Waals surface area contributed by atoms with E-state index in [1.807, 2.05) is 0 Å². The Morgan fingerprint density at radius 1 is 0.929 bits per heavy atom. The van der Waals surface area contributed by atoms with Gasteiger partial charge in [0.2, 0.25) is 0 Å². The van der Waals surface area contributed by atoms with Crippen molar-refractivity contribution >= 4 is 8.32 Å². The Kier molecular flexibility index (Phi) is 3.33. The lowest BCUT2D eigenvalue weighted by atomic mass is 10.3. The summed E-state index contributed by atoms with van der Waals surface area (Å²) >= 11 is 0. The lowest BCUT2D eigenvalue weighted by molar-refractivity contribution is 0.469. The highest BCUT2D eigenvalue weighted by molar-refractivity contribution is 6.75. The van der Waals surface area contributed by atoms with E-state index < -0.39 is 8.32 Å². The third-order valence-electron chi connectivity index (χ3n) is 4.69. The first-order valence-corrected chi connectivity index (χ1v) is 8.80. The second kappa shape index (κ2) is 4.36. The van der Waals surface area contributed by atoms with Crippen LogP contribution in [0.3, 0.4) is 0 Å². The van der Waals surface area contributed by atoms with E-state index in [2.05, 4.69) is 6.92 Å². The van der Waals surface area contributed by atoms with Gasteiger partial charge < -0.3 is 4.80 Å². The summed E-state index contributed by atoms with van der Waals surface area (Å²) in [6.07, 6.45) is 10.9. The molecule has 2 aliphatic carbocycles. The number of hydrogen-bond acceptors (Lipinski definition) is 1. The molecule has 1 N–H and O–H groups in total. The molecule has 0 radical (unpaired) electrons. The van der Waals surface area contributed by atoms with Gasteiger partial charge in [0.05, 0.1) is 0 Å². The van der Waals surface area contributed by atoms with Gasteiger partial charge in [0.25, 0.3) is 0 Å². The van der Waals surface area contributed by atoms with Crippen LogP contribution in [0.1, 0.15) is 58.3 Å². The van der Waals surface area contributed by atoms with Crippen LogP contribution in [-0.4, -0.2) is 13.1 Å². The van der Waals surface area contributed by atoms with Crippen molar-refractivity contribution in [3.05, 3.63) is 0 Å². The fraction of sp³-hybridized carbons (Fsp3) is 1.00. The van der Waals surface area contributed by atoms with Crippen LogP contribution in [0.15, 0.2) is 0 Å². The highest BCUT2D eigenvalue weighted by atomic mass is 28.4. The van der Waals surface area contributed by atoms with E-state index in [4.69, 9.17) is 0 Å². The summed E-state index contributed by atoms with van der Waals surface area (Å²) in [6, 6.07) is 1.11. The lowest BCUT2D eigenvalue weighted by Gasteiger charge is -2.35. The first-order chi connectivity index (χ1) is 6.77. The first-order valence-electron chi connectivity index (χ1n) is 6.49. The highest BCUT2D eigenvalue weighted by Crippen LogP contribution is 2.49. The zero-order valence-corrected chi connectivity index (χ0v) is 10.5. The molecular weight excluding hydrogens is 188 g/mol. The Balaban J connectivity index is 2.06. The van der Waals surface area contributed by atoms with Crippen LogP contribution in [0, 0.1) is 0 Å². The zero-order chi connectivity index (χ0) is 10.0. The fourth-order valence-corrected chi connectivity index (χ4v) is 8.40. The van der Waals surface area contributed by atoms with Gasteiger partial charge in [-0.05, 0) is 17.1 Å². The average Bonchev–Trinajstić information content (AvgIpc) is 2.88. The molecule has 0 unspecified atom stereocenters. The van der Waals surface area contributed by atoms with Gasteiger partial charge in [0.15, 0.2) is 8.32 Å². The van der Waals surface area contributed by atoms with E-state index in [1.165, 1.54) is 51.4 Å². The standard InChI is InChI=1S/C12H24OSi/c1-2-14(13,11-7-3-4-8-11)12-9-5-6-10-12/h11-13H,2-10H2,1H3. The summed E-state index contributed by atoms with van der Waals surface area (Å²) in [5.74, 6) is 0. The normalized spacial score (nSPS) is 26.1. The van der Waals surface area contributed by atoms with Crippen molar-refractivity contribution in [1.82, 2.24) is 0 Å². The zero-order valence-electron chi connectivity index (χ0n) is 9.47. The van der Waals surface area contributed by atoms with Crippen LogP contribution in [0.4, 0.5) is 0 Å². The quantitative estimate of drug-likeness (QED) is 0.705. The van der Waals surface area contributed by atoms with Gasteiger partial charge in [-0.1, -0.05) is 58.3 Å². The first kappa shape index (κ1) is 10.7. The summed E-state index contributed by atoms with van der Waals surface area (Å²) in [6.45, 7) is 2.24. The average molecular weight is 212 g/mol. The summed E-state index contributed by atoms with van der Waals surface area (Å²) in [5, 5.41) is 0. The molecule has 0 amide bonds. The van der Waals surface area contributed by atoms with E-state index in [0.717, 1.165) is 17.1 Å². The van der Waals surface area contributed by atoms with Gasteiger partial charge in [-0.15, -0.1) is 0 Å². The van der Waals surface area contributed by atoms with Crippen molar-refractivity contribution in [2.45, 2.75) is 75.4 Å². The van der Waals surface area contributed by atoms with Crippen LogP contribution >= 0.6 is 0 Å². The molecular formula is C12H24OSi. The molecule has 0 heterocycles. The molecule has 2 aliphatic rings. The van der Waals surface area contributed by atoms with Crippen LogP contribution in [-0.2, 0) is 0 Å². The van der Waals surface area contributed by atoms with Crippen molar-refractivity contribution < 1.29 is 4.80 Å². The van der Waals surface area contributed by atoms with E-state index in [-0.39, 0.29) is 0 Å². The SMILES string of the molecule is CC[Si](O)(C1CCCC1)C1CCCC1. The van der Waals surface area contributed by atoms with Crippen molar-refractivity contribution in [3.8, 4) is 0 Å². The Hall–Kier alpha value is 0.177. The molecule has 0 spiro atoms. The van der Waals surface area contributed by atoms with Crippen molar-refractivity contribution in [3.63, 3.8) is 0 Å². The molecule has 0 saturated heterocycles. The van der Waals surface area contributed by atoms with E-state index in [1.54, 1.807) is 0 Å². The van der Waals surface area contributed by atoms with Gasteiger partial charge in [-0.25, -0.2) is 0 Å². The van der Waals surface area contributed by atoms with Gasteiger partial charge in [0, 0.05) is 0 Å². The molecule has 0 aromatic heterocycles. The molecule has 0 aromatic carbocycles. The summed E-state index contributed by atoms with van der Waals surface area (Å²) in [4.78, 5) is 11.0. The Morgan fingerprint density at radius 3 is 1.57 bits per heavy atom. The molecule has 82 valence electrons. The molecule has 1 nitrogen and oxygen atoms in total. The number of hydrogen-bond donors (Lipinski definition) is 1. The highest BCUT2D eigenvalue weighted by Gasteiger charge is 2.46. The predicted octanol–water partition coefficient (Wildman–Crippen LogP) is 3.83. The van der Waals surface area contributed by atoms with Crippen molar-refractivity contribution in [1.29, 1.82) is 0 Å². The summed E-state index contributed by atoms with van der Waals surface area (Å²) in [7, 11) is -1.86. The molecule has 2 fully saturated rings. The molecule has 0 aromatic rings. The van der Waals surface area contributed by atoms with E-state index in [0.29, 0.717) is 0 Å². The maximum Gasteiger partial charge on any atom is 0.194 e. The van der Waals surface area contributed by atoms with Crippen molar-refractivity contribution in [2.24, 2.45) is 0 Å². The monoisotopic (exact) mass is 212 g/mol. The van der Waals surface area contributed by atoms with E-state index >= 15 is 0 Å². The molecule has 0 atom stereocenters. The third kappa shape index (κ3) is 1.79. The summed E-state index contributed by atoms with van der Waals surface area (Å²) in [5.41, 5.74) is 1.52. The van der Waals surface area contributed by atoms with Gasteiger partial charge in [-0.3, -0.25) is 0 Å². The summed E-state index contributed by atoms with van der Waals surface area (Å²) < 4.78 is 0. The largest absolute Gasteiger partial charge is 0.431 e. The fourth-order valence-electron chi connectivity index (χ4n) is 3.76. The predicted molar refractivity (Wildman–Crippen MR) is 62.9 cm³/mol. The van der Waals surface area contributed by atoms with Crippen LogP contribution in [0.5, 0.6) is 0 Å². The van der Waals surface area contributed by atoms with Crippen LogP contribution in [0.25, 0.3) is 0 Å². The van der Waals surface area contributed by atoms with Crippen LogP contribution < -0.4 is 0 Å². The Labute approximate surface area is 89.0 Å². The topological polar surface area (TPSA) is 20.2 Å². The van der Waals surface area contributed by atoms with Crippen molar-refractivity contribution in [2.75, 3.05) is 0 Å². The second-order valence-electron chi connectivity index (χ2n) is 5.31. The lowest BCUT2D eigenvalue weighted by Crippen LogP contribution is -2.42. The van der Waals surface area contributed by atoms with Gasteiger partial charge >= 0.3 is 0 Å². The second-order valence-corrected chi connectivity index (χ2v) is 9.63. The van der Waals surface area contributed by atoms with Gasteiger partial charge in [-0.2, -0.15) is 0 Å². The molecule has 0 aliphatic heterocycles. The van der Waals surface area contributed by atoms with Gasteiger partial charge in [0.1, 0.15) is 0 Å². The van der Waals surface area contributed by atoms with Crippen LogP contribution in [0.2, 0.25) is 17.1 Å². The Morgan fingerprint density at radius 2 is 1.29 bits per heavy atom. The number of rotatable bonds is 3. The maximum atomic E-state index is 11.0.